The number of nitrogens with one attached hydrogen (secondary N) is 2. The van der Waals surface area contributed by atoms with E-state index >= 15 is 0 Å². The van der Waals surface area contributed by atoms with Gasteiger partial charge in [-0.3, -0.25) is 14.2 Å². The second-order valence-electron chi connectivity index (χ2n) is 12.4. The lowest BCUT2D eigenvalue weighted by molar-refractivity contribution is -0.142. The maximum atomic E-state index is 13.8. The van der Waals surface area contributed by atoms with Crippen LogP contribution in [-0.4, -0.2) is 57.7 Å². The zero-order valence-electron chi connectivity index (χ0n) is 23.5. The molecular formula is C29H41BrN3O6P. The molecule has 1 saturated heterocycles. The predicted molar refractivity (Wildman–Crippen MR) is 157 cm³/mol. The molecule has 4 rings (SSSR count). The van der Waals surface area contributed by atoms with E-state index in [4.69, 9.17) is 4.74 Å². The smallest absolute Gasteiger partial charge is 0.408 e. The number of likely N-dealkylation sites (tertiary alicyclic amines) is 1. The van der Waals surface area contributed by atoms with Crippen molar-refractivity contribution in [3.63, 3.8) is 0 Å². The number of nitrogens with zero attached hydrogens (tertiary/aromatic N) is 1. The topological polar surface area (TPSA) is 125 Å². The molecule has 0 spiro atoms. The highest BCUT2D eigenvalue weighted by Crippen LogP contribution is 2.71. The molecule has 1 aromatic rings. The van der Waals surface area contributed by atoms with Crippen LogP contribution >= 0.6 is 23.3 Å². The number of rotatable bonds is 9. The number of alkyl carbamates (subject to hydrolysis) is 1. The quantitative estimate of drug-likeness (QED) is 0.249. The minimum Gasteiger partial charge on any atom is -0.446 e. The maximum Gasteiger partial charge on any atom is 0.408 e. The molecule has 2 aliphatic carbocycles. The molecule has 220 valence electrons. The van der Waals surface area contributed by atoms with E-state index in [-0.39, 0.29) is 24.1 Å². The molecule has 0 radical (unpaired) electrons. The van der Waals surface area contributed by atoms with Gasteiger partial charge in [0, 0.05) is 16.9 Å². The van der Waals surface area contributed by atoms with Crippen LogP contribution in [0.3, 0.4) is 0 Å². The number of benzene rings is 1. The second-order valence-corrected chi connectivity index (χ2v) is 15.7. The van der Waals surface area contributed by atoms with E-state index in [1.165, 1.54) is 4.90 Å². The molecule has 1 heterocycles. The van der Waals surface area contributed by atoms with Crippen molar-refractivity contribution in [2.24, 2.45) is 11.3 Å². The van der Waals surface area contributed by atoms with Crippen molar-refractivity contribution in [3.8, 4) is 0 Å². The van der Waals surface area contributed by atoms with Crippen LogP contribution in [0.2, 0.25) is 0 Å². The molecule has 3 amide bonds. The highest BCUT2D eigenvalue weighted by atomic mass is 79.9. The minimum absolute atomic E-state index is 0.106. The molecule has 3 N–H and O–H groups in total. The lowest BCUT2D eigenvalue weighted by Gasteiger charge is -2.36. The van der Waals surface area contributed by atoms with Crippen LogP contribution in [0.25, 0.3) is 0 Å². The molecule has 0 bridgehead atoms. The van der Waals surface area contributed by atoms with Gasteiger partial charge >= 0.3 is 6.09 Å². The van der Waals surface area contributed by atoms with Crippen LogP contribution in [0.1, 0.15) is 71.3 Å². The molecule has 1 aliphatic heterocycles. The van der Waals surface area contributed by atoms with Gasteiger partial charge in [-0.25, -0.2) is 4.79 Å². The van der Waals surface area contributed by atoms with Crippen molar-refractivity contribution in [1.82, 2.24) is 15.5 Å². The first kappa shape index (κ1) is 30.8. The lowest BCUT2D eigenvalue weighted by Crippen LogP contribution is -2.58. The van der Waals surface area contributed by atoms with E-state index in [2.05, 4.69) is 33.1 Å². The van der Waals surface area contributed by atoms with Gasteiger partial charge in [0.25, 0.3) is 0 Å². The van der Waals surface area contributed by atoms with Gasteiger partial charge in [-0.15, -0.1) is 6.58 Å². The number of hydrogen-bond donors (Lipinski definition) is 3. The number of carbonyl (C=O) groups is 3. The van der Waals surface area contributed by atoms with Gasteiger partial charge in [0.2, 0.25) is 19.2 Å². The van der Waals surface area contributed by atoms with Crippen LogP contribution in [-0.2, 0) is 25.1 Å². The molecular weight excluding hydrogens is 597 g/mol. The maximum absolute atomic E-state index is 13.8. The lowest BCUT2D eigenvalue weighted by atomic mass is 9.85. The summed E-state index contributed by atoms with van der Waals surface area (Å²) in [5.41, 5.74) is 0.0446. The zero-order valence-corrected chi connectivity index (χ0v) is 26.0. The standard InChI is InChI=1S/C29H41BrN3O6P/c1-5-20-17-29(20,40(37,38)18-19-11-6-9-14-22(19)30)32-25(34)23-15-10-16-33(23)26(35)24(28(2,3)4)31-27(36)39-21-12-7-8-13-21/h5-6,9,11,14,20-21,23-24H,1,7-8,10,12-13,15-18H2,2-4H3,(H,31,36)(H,32,34)(H,37,38)/t20-,23+,24-,29+/m1/s1. The third-order valence-corrected chi connectivity index (χ3v) is 11.8. The predicted octanol–water partition coefficient (Wildman–Crippen LogP) is 5.31. The van der Waals surface area contributed by atoms with Crippen LogP contribution in [0.15, 0.2) is 41.4 Å². The van der Waals surface area contributed by atoms with Crippen molar-refractivity contribution < 1.29 is 28.6 Å². The van der Waals surface area contributed by atoms with Crippen molar-refractivity contribution in [3.05, 3.63) is 47.0 Å². The van der Waals surface area contributed by atoms with E-state index in [1.807, 2.05) is 32.9 Å². The number of halogens is 1. The molecule has 3 aliphatic rings. The van der Waals surface area contributed by atoms with Gasteiger partial charge in [-0.1, -0.05) is 61.0 Å². The Labute approximate surface area is 245 Å². The Hall–Kier alpha value is -2.16. The summed E-state index contributed by atoms with van der Waals surface area (Å²) in [6.07, 6.45) is 5.75. The van der Waals surface area contributed by atoms with Gasteiger partial charge in [-0.05, 0) is 62.0 Å². The molecule has 9 nitrogen and oxygen atoms in total. The Bertz CT molecular complexity index is 1200. The van der Waals surface area contributed by atoms with Gasteiger partial charge < -0.3 is 25.2 Å². The largest absolute Gasteiger partial charge is 0.446 e. The van der Waals surface area contributed by atoms with Crippen LogP contribution in [0.5, 0.6) is 0 Å². The summed E-state index contributed by atoms with van der Waals surface area (Å²) in [6, 6.07) is 5.51. The van der Waals surface area contributed by atoms with E-state index in [0.717, 1.165) is 30.2 Å². The van der Waals surface area contributed by atoms with Crippen LogP contribution in [0.4, 0.5) is 4.79 Å². The Kier molecular flexibility index (Phi) is 9.22. The van der Waals surface area contributed by atoms with Crippen molar-refractivity contribution in [2.75, 3.05) is 6.54 Å². The van der Waals surface area contributed by atoms with Gasteiger partial charge in [0.15, 0.2) is 0 Å². The van der Waals surface area contributed by atoms with Crippen molar-refractivity contribution in [1.29, 1.82) is 0 Å². The fourth-order valence-electron chi connectivity index (χ4n) is 5.91. The summed E-state index contributed by atoms with van der Waals surface area (Å²) in [6.45, 7) is 9.73. The zero-order chi connectivity index (χ0) is 29.3. The summed E-state index contributed by atoms with van der Waals surface area (Å²) >= 11 is 3.44. The summed E-state index contributed by atoms with van der Waals surface area (Å²) < 4.78 is 20.1. The summed E-state index contributed by atoms with van der Waals surface area (Å²) in [4.78, 5) is 53.0. The summed E-state index contributed by atoms with van der Waals surface area (Å²) in [5, 5.41) is 4.34. The fourth-order valence-corrected chi connectivity index (χ4v) is 8.96. The highest BCUT2D eigenvalue weighted by molar-refractivity contribution is 9.10. The Morgan fingerprint density at radius 2 is 1.90 bits per heavy atom. The van der Waals surface area contributed by atoms with Crippen LogP contribution < -0.4 is 10.6 Å². The Morgan fingerprint density at radius 1 is 1.23 bits per heavy atom. The van der Waals surface area contributed by atoms with E-state index in [0.29, 0.717) is 31.4 Å². The summed E-state index contributed by atoms with van der Waals surface area (Å²) in [7, 11) is -3.93. The number of ether oxygens (including phenoxy) is 1. The fraction of sp³-hybridized carbons (Fsp3) is 0.621. The monoisotopic (exact) mass is 637 g/mol. The second kappa shape index (κ2) is 12.0. The molecule has 40 heavy (non-hydrogen) atoms. The molecule has 1 unspecified atom stereocenters. The summed E-state index contributed by atoms with van der Waals surface area (Å²) in [5.74, 6) is -1.17. The average Bonchev–Trinajstić information content (AvgIpc) is 3.21. The first-order valence-electron chi connectivity index (χ1n) is 14.1. The van der Waals surface area contributed by atoms with Gasteiger partial charge in [0.1, 0.15) is 23.5 Å². The number of amides is 3. The van der Waals surface area contributed by atoms with E-state index < -0.39 is 42.1 Å². The highest BCUT2D eigenvalue weighted by Gasteiger charge is 2.65. The van der Waals surface area contributed by atoms with Gasteiger partial charge in [0.05, 0.1) is 6.16 Å². The number of hydrogen-bond acceptors (Lipinski definition) is 5. The SMILES string of the molecule is C=C[C@@H]1C[C@]1(NC(=O)[C@@H]1CCCN1C(=O)[C@@H](NC(=O)OC1CCCC1)C(C)(C)C)P(=O)(O)Cc1ccccc1Br. The van der Waals surface area contributed by atoms with Crippen molar-refractivity contribution in [2.45, 2.75) is 95.3 Å². The minimum atomic E-state index is -3.93. The third-order valence-electron chi connectivity index (χ3n) is 8.36. The normalized spacial score (nSPS) is 27.0. The van der Waals surface area contributed by atoms with E-state index in [9.17, 15) is 23.8 Å². The Balaban J connectivity index is 1.49. The Morgan fingerprint density at radius 3 is 2.50 bits per heavy atom. The molecule has 5 atom stereocenters. The molecule has 11 heteroatoms. The third kappa shape index (κ3) is 6.50. The van der Waals surface area contributed by atoms with Gasteiger partial charge in [-0.2, -0.15) is 0 Å². The van der Waals surface area contributed by atoms with Crippen LogP contribution in [0, 0.1) is 11.3 Å². The molecule has 3 fully saturated rings. The number of carbonyl (C=O) groups excluding carboxylic acids is 3. The molecule has 1 aromatic carbocycles. The average molecular weight is 639 g/mol. The first-order valence-corrected chi connectivity index (χ1v) is 16.7. The van der Waals surface area contributed by atoms with E-state index in [1.54, 1.807) is 18.2 Å². The van der Waals surface area contributed by atoms with Crippen molar-refractivity contribution >= 4 is 41.2 Å². The molecule has 0 aromatic heterocycles. The molecule has 2 saturated carbocycles. The first-order chi connectivity index (χ1) is 18.8.